The number of rotatable bonds is 4. The van der Waals surface area contributed by atoms with E-state index in [1.165, 1.54) is 24.4 Å². The van der Waals surface area contributed by atoms with Gasteiger partial charge in [-0.1, -0.05) is 53.5 Å². The van der Waals surface area contributed by atoms with E-state index in [4.69, 9.17) is 23.2 Å². The fourth-order valence-electron chi connectivity index (χ4n) is 1.68. The van der Waals surface area contributed by atoms with E-state index >= 15 is 0 Å². The van der Waals surface area contributed by atoms with Gasteiger partial charge in [-0.2, -0.15) is 5.10 Å². The van der Waals surface area contributed by atoms with Crippen molar-refractivity contribution in [3.05, 3.63) is 64.1 Å². The minimum atomic E-state index is -0.875. The van der Waals surface area contributed by atoms with Crippen LogP contribution in [0.1, 0.15) is 5.56 Å². The summed E-state index contributed by atoms with van der Waals surface area (Å²) in [6.45, 7) is 0. The summed E-state index contributed by atoms with van der Waals surface area (Å²) in [5.74, 6) is -1.72. The molecule has 2 amide bonds. The third-order valence-corrected chi connectivity index (χ3v) is 3.55. The second-order valence-electron chi connectivity index (χ2n) is 4.53. The van der Waals surface area contributed by atoms with Gasteiger partial charge in [0.1, 0.15) is 0 Å². The van der Waals surface area contributed by atoms with Crippen LogP contribution in [0.2, 0.25) is 10.0 Å². The average Bonchev–Trinajstić information content (AvgIpc) is 2.55. The molecule has 0 aliphatic rings. The first-order valence-electron chi connectivity index (χ1n) is 6.68. The van der Waals surface area contributed by atoms with Gasteiger partial charge in [-0.05, 0) is 23.8 Å². The van der Waals surface area contributed by atoms with Crippen LogP contribution in [-0.4, -0.2) is 18.0 Å². The predicted molar refractivity (Wildman–Crippen MR) is 91.9 cm³/mol. The van der Waals surface area contributed by atoms with E-state index in [1.807, 2.05) is 30.3 Å². The first kappa shape index (κ1) is 17.0. The number of hydrogen-bond donors (Lipinski definition) is 2. The van der Waals surface area contributed by atoms with Gasteiger partial charge in [0.25, 0.3) is 0 Å². The van der Waals surface area contributed by atoms with Crippen LogP contribution in [0.25, 0.3) is 0 Å². The summed E-state index contributed by atoms with van der Waals surface area (Å²) in [4.78, 5) is 23.3. The Morgan fingerprint density at radius 3 is 2.43 bits per heavy atom. The van der Waals surface area contributed by atoms with Gasteiger partial charge in [-0.25, -0.2) is 5.43 Å². The highest BCUT2D eigenvalue weighted by Crippen LogP contribution is 2.24. The minimum Gasteiger partial charge on any atom is -0.318 e. The number of nitrogens with zero attached hydrogens (tertiary/aromatic N) is 1. The molecule has 0 saturated carbocycles. The quantitative estimate of drug-likeness (QED) is 0.505. The van der Waals surface area contributed by atoms with E-state index in [0.29, 0.717) is 17.1 Å². The zero-order valence-corrected chi connectivity index (χ0v) is 13.4. The van der Waals surface area contributed by atoms with Crippen molar-refractivity contribution < 1.29 is 9.59 Å². The lowest BCUT2D eigenvalue weighted by atomic mass is 10.2. The number of nitrogens with one attached hydrogen (secondary N) is 2. The maximum absolute atomic E-state index is 11.7. The van der Waals surface area contributed by atoms with Crippen molar-refractivity contribution in [2.45, 2.75) is 6.42 Å². The molecule has 0 spiro atoms. The second-order valence-corrected chi connectivity index (χ2v) is 5.34. The van der Waals surface area contributed by atoms with Crippen molar-refractivity contribution in [2.24, 2.45) is 5.10 Å². The predicted octanol–water partition coefficient (Wildman–Crippen LogP) is 3.28. The molecule has 118 valence electrons. The Bertz CT molecular complexity index is 733. The van der Waals surface area contributed by atoms with Crippen LogP contribution >= 0.6 is 23.2 Å². The minimum absolute atomic E-state index is 0.283. The van der Waals surface area contributed by atoms with Crippen molar-refractivity contribution in [1.82, 2.24) is 5.43 Å². The molecule has 5 nitrogen and oxygen atoms in total. The number of amides is 2. The Morgan fingerprint density at radius 1 is 1.00 bits per heavy atom. The highest BCUT2D eigenvalue weighted by Gasteiger charge is 2.13. The van der Waals surface area contributed by atoms with E-state index in [9.17, 15) is 9.59 Å². The van der Waals surface area contributed by atoms with Crippen molar-refractivity contribution in [1.29, 1.82) is 0 Å². The first-order chi connectivity index (χ1) is 11.1. The van der Waals surface area contributed by atoms with E-state index in [2.05, 4.69) is 15.8 Å². The van der Waals surface area contributed by atoms with Crippen LogP contribution in [0, 0.1) is 0 Å². The summed E-state index contributed by atoms with van der Waals surface area (Å²) >= 11 is 11.6. The number of benzene rings is 2. The highest BCUT2D eigenvalue weighted by molar-refractivity contribution is 6.42. The highest BCUT2D eigenvalue weighted by atomic mass is 35.5. The average molecular weight is 350 g/mol. The van der Waals surface area contributed by atoms with Gasteiger partial charge >= 0.3 is 11.8 Å². The van der Waals surface area contributed by atoms with Gasteiger partial charge in [-0.3, -0.25) is 9.59 Å². The molecule has 2 aromatic rings. The molecule has 0 fully saturated rings. The smallest absolute Gasteiger partial charge is 0.318 e. The normalized spacial score (nSPS) is 10.5. The fraction of sp³-hybridized carbons (Fsp3) is 0.0625. The third kappa shape index (κ3) is 5.39. The van der Waals surface area contributed by atoms with Crippen LogP contribution in [0.5, 0.6) is 0 Å². The first-order valence-corrected chi connectivity index (χ1v) is 7.43. The summed E-state index contributed by atoms with van der Waals surface area (Å²) in [6.07, 6.45) is 2.06. The van der Waals surface area contributed by atoms with Gasteiger partial charge in [0.05, 0.1) is 10.0 Å². The van der Waals surface area contributed by atoms with Crippen molar-refractivity contribution >= 4 is 46.9 Å². The SMILES string of the molecule is O=C(N/N=C/Cc1ccccc1)C(=O)Nc1ccc(Cl)c(Cl)c1. The molecule has 0 aliphatic heterocycles. The summed E-state index contributed by atoms with van der Waals surface area (Å²) in [5, 5.41) is 6.77. The summed E-state index contributed by atoms with van der Waals surface area (Å²) in [6, 6.07) is 14.1. The third-order valence-electron chi connectivity index (χ3n) is 2.81. The number of anilines is 1. The molecule has 0 saturated heterocycles. The Balaban J connectivity index is 1.83. The van der Waals surface area contributed by atoms with E-state index in [0.717, 1.165) is 5.56 Å². The Morgan fingerprint density at radius 2 is 1.74 bits per heavy atom. The fourth-order valence-corrected chi connectivity index (χ4v) is 1.98. The van der Waals surface area contributed by atoms with E-state index in [-0.39, 0.29) is 5.02 Å². The van der Waals surface area contributed by atoms with Gasteiger partial charge in [0.2, 0.25) is 0 Å². The van der Waals surface area contributed by atoms with Crippen LogP contribution in [0.3, 0.4) is 0 Å². The summed E-state index contributed by atoms with van der Waals surface area (Å²) < 4.78 is 0. The molecule has 0 aromatic heterocycles. The molecule has 0 atom stereocenters. The number of carbonyl (C=O) groups excluding carboxylic acids is 2. The number of hydrazone groups is 1. The van der Waals surface area contributed by atoms with Gasteiger partial charge in [0.15, 0.2) is 0 Å². The van der Waals surface area contributed by atoms with Crippen molar-refractivity contribution in [2.75, 3.05) is 5.32 Å². The largest absolute Gasteiger partial charge is 0.329 e. The monoisotopic (exact) mass is 349 g/mol. The van der Waals surface area contributed by atoms with Gasteiger partial charge in [-0.15, -0.1) is 0 Å². The molecule has 0 unspecified atom stereocenters. The Kier molecular flexibility index (Phi) is 6.14. The van der Waals surface area contributed by atoms with E-state index in [1.54, 1.807) is 0 Å². The zero-order valence-electron chi connectivity index (χ0n) is 11.9. The van der Waals surface area contributed by atoms with Gasteiger partial charge in [0, 0.05) is 18.3 Å². The van der Waals surface area contributed by atoms with E-state index < -0.39 is 11.8 Å². The molecule has 0 bridgehead atoms. The molecule has 0 aliphatic carbocycles. The lowest BCUT2D eigenvalue weighted by Gasteiger charge is -2.05. The molecule has 0 radical (unpaired) electrons. The molecule has 0 heterocycles. The topological polar surface area (TPSA) is 70.6 Å². The molecular weight excluding hydrogens is 337 g/mol. The Labute approximate surface area is 143 Å². The van der Waals surface area contributed by atoms with Crippen LogP contribution in [0.4, 0.5) is 5.69 Å². The van der Waals surface area contributed by atoms with Crippen LogP contribution < -0.4 is 10.7 Å². The second kappa shape index (κ2) is 8.31. The maximum Gasteiger partial charge on any atom is 0.329 e. The molecule has 2 aromatic carbocycles. The summed E-state index contributed by atoms with van der Waals surface area (Å²) in [7, 11) is 0. The molecule has 2 rings (SSSR count). The number of carbonyl (C=O) groups is 2. The number of hydrogen-bond acceptors (Lipinski definition) is 3. The lowest BCUT2D eigenvalue weighted by molar-refractivity contribution is -0.136. The number of halogens is 2. The Hall–Kier alpha value is -2.37. The van der Waals surface area contributed by atoms with Crippen LogP contribution in [-0.2, 0) is 16.0 Å². The van der Waals surface area contributed by atoms with Crippen LogP contribution in [0.15, 0.2) is 53.6 Å². The van der Waals surface area contributed by atoms with Gasteiger partial charge < -0.3 is 5.32 Å². The van der Waals surface area contributed by atoms with Crippen molar-refractivity contribution in [3.8, 4) is 0 Å². The van der Waals surface area contributed by atoms with Crippen molar-refractivity contribution in [3.63, 3.8) is 0 Å². The maximum atomic E-state index is 11.7. The summed E-state index contributed by atoms with van der Waals surface area (Å²) in [5.41, 5.74) is 3.57. The standard InChI is InChI=1S/C16H13Cl2N3O2/c17-13-7-6-12(10-14(13)18)20-15(22)16(23)21-19-9-8-11-4-2-1-3-5-11/h1-7,9-10H,8H2,(H,20,22)(H,21,23)/b19-9+. The molecule has 2 N–H and O–H groups in total. The lowest BCUT2D eigenvalue weighted by Crippen LogP contribution is -2.32. The zero-order chi connectivity index (χ0) is 16.7. The molecule has 23 heavy (non-hydrogen) atoms. The molecular formula is C16H13Cl2N3O2. The molecule has 7 heteroatoms.